The van der Waals surface area contributed by atoms with Crippen LogP contribution in [0, 0.1) is 11.3 Å². The molecule has 0 saturated heterocycles. The van der Waals surface area contributed by atoms with Gasteiger partial charge in [0.2, 0.25) is 0 Å². The first-order valence-electron chi connectivity index (χ1n) is 7.63. The summed E-state index contributed by atoms with van der Waals surface area (Å²) in [6.07, 6.45) is 1.78. The molecule has 0 spiro atoms. The third-order valence-electron chi connectivity index (χ3n) is 4.35. The minimum atomic E-state index is -0.0936. The van der Waals surface area contributed by atoms with E-state index < -0.39 is 0 Å². The van der Waals surface area contributed by atoms with Crippen LogP contribution in [-0.4, -0.2) is 13.2 Å². The molecule has 2 N–H and O–H groups in total. The lowest BCUT2D eigenvalue weighted by atomic mass is 9.78. The normalized spacial score (nSPS) is 18.0. The van der Waals surface area contributed by atoms with E-state index in [9.17, 15) is 0 Å². The van der Waals surface area contributed by atoms with E-state index in [0.717, 1.165) is 29.9 Å². The summed E-state index contributed by atoms with van der Waals surface area (Å²) in [6.45, 7) is 10.3. The Labute approximate surface area is 132 Å². The first kappa shape index (κ1) is 16.4. The molecule has 0 fully saturated rings. The van der Waals surface area contributed by atoms with Crippen LogP contribution in [0.4, 0.5) is 0 Å². The van der Waals surface area contributed by atoms with Crippen molar-refractivity contribution < 1.29 is 9.47 Å². The molecule has 0 saturated carbocycles. The third-order valence-corrected chi connectivity index (χ3v) is 4.68. The van der Waals surface area contributed by atoms with Crippen LogP contribution in [0.25, 0.3) is 0 Å². The van der Waals surface area contributed by atoms with Gasteiger partial charge in [0.15, 0.2) is 11.5 Å². The number of rotatable bonds is 3. The first-order chi connectivity index (χ1) is 9.79. The van der Waals surface area contributed by atoms with E-state index in [0.29, 0.717) is 24.2 Å². The summed E-state index contributed by atoms with van der Waals surface area (Å²) in [5.74, 6) is 1.97. The Kier molecular flexibility index (Phi) is 5.05. The van der Waals surface area contributed by atoms with Crippen molar-refractivity contribution >= 4 is 11.6 Å². The largest absolute Gasteiger partial charge is 0.490 e. The van der Waals surface area contributed by atoms with Crippen molar-refractivity contribution in [3.8, 4) is 11.5 Å². The molecular formula is C17H26ClNO2. The predicted molar refractivity (Wildman–Crippen MR) is 87.2 cm³/mol. The molecule has 1 aromatic rings. The lowest BCUT2D eigenvalue weighted by Gasteiger charge is -2.30. The van der Waals surface area contributed by atoms with Gasteiger partial charge in [0, 0.05) is 23.6 Å². The van der Waals surface area contributed by atoms with E-state index in [-0.39, 0.29) is 11.5 Å². The maximum atomic E-state index is 6.39. The summed E-state index contributed by atoms with van der Waals surface area (Å²) in [6, 6.07) is 3.69. The summed E-state index contributed by atoms with van der Waals surface area (Å²) in [5, 5.41) is 0.660. The fraction of sp³-hybridized carbons (Fsp3) is 0.647. The molecule has 2 unspecified atom stereocenters. The number of halogens is 1. The van der Waals surface area contributed by atoms with Gasteiger partial charge in [0.1, 0.15) is 0 Å². The number of fused-ring (bicyclic) bond motifs is 1. The lowest BCUT2D eigenvalue weighted by Crippen LogP contribution is -2.23. The van der Waals surface area contributed by atoms with Gasteiger partial charge in [-0.15, -0.1) is 0 Å². The molecule has 1 aliphatic rings. The zero-order valence-electron chi connectivity index (χ0n) is 13.4. The molecule has 3 nitrogen and oxygen atoms in total. The Morgan fingerprint density at radius 3 is 2.33 bits per heavy atom. The summed E-state index contributed by atoms with van der Waals surface area (Å²) in [5.41, 5.74) is 7.56. The van der Waals surface area contributed by atoms with Crippen LogP contribution in [0.5, 0.6) is 11.5 Å². The minimum absolute atomic E-state index is 0.0936. The summed E-state index contributed by atoms with van der Waals surface area (Å²) < 4.78 is 11.4. The SMILES string of the molecule is CC(CC(N)c1cc2c(cc1Cl)OCCCO2)C(C)(C)C. The molecule has 0 radical (unpaired) electrons. The van der Waals surface area contributed by atoms with Gasteiger partial charge >= 0.3 is 0 Å². The highest BCUT2D eigenvalue weighted by molar-refractivity contribution is 6.31. The van der Waals surface area contributed by atoms with Crippen molar-refractivity contribution in [2.45, 2.75) is 46.6 Å². The molecule has 0 aromatic heterocycles. The molecule has 4 heteroatoms. The van der Waals surface area contributed by atoms with Gasteiger partial charge in [-0.05, 0) is 29.4 Å². The highest BCUT2D eigenvalue weighted by Gasteiger charge is 2.25. The van der Waals surface area contributed by atoms with Crippen molar-refractivity contribution in [2.75, 3.05) is 13.2 Å². The van der Waals surface area contributed by atoms with E-state index in [1.54, 1.807) is 0 Å². The van der Waals surface area contributed by atoms with E-state index in [1.807, 2.05) is 12.1 Å². The number of hydrogen-bond acceptors (Lipinski definition) is 3. The zero-order chi connectivity index (χ0) is 15.6. The van der Waals surface area contributed by atoms with Crippen LogP contribution in [0.3, 0.4) is 0 Å². The second kappa shape index (κ2) is 6.45. The Hall–Kier alpha value is -0.930. The van der Waals surface area contributed by atoms with Crippen LogP contribution >= 0.6 is 11.6 Å². The van der Waals surface area contributed by atoms with Crippen LogP contribution in [0.15, 0.2) is 12.1 Å². The average Bonchev–Trinajstić information content (AvgIpc) is 2.61. The number of nitrogens with two attached hydrogens (primary N) is 1. The fourth-order valence-electron chi connectivity index (χ4n) is 2.35. The van der Waals surface area contributed by atoms with Crippen molar-refractivity contribution in [3.05, 3.63) is 22.7 Å². The molecule has 2 rings (SSSR count). The molecule has 1 heterocycles. The first-order valence-corrected chi connectivity index (χ1v) is 8.01. The van der Waals surface area contributed by atoms with Gasteiger partial charge in [-0.2, -0.15) is 0 Å². The van der Waals surface area contributed by atoms with E-state index in [1.165, 1.54) is 0 Å². The Morgan fingerprint density at radius 2 is 1.76 bits per heavy atom. The van der Waals surface area contributed by atoms with Gasteiger partial charge in [-0.1, -0.05) is 39.3 Å². The van der Waals surface area contributed by atoms with Gasteiger partial charge in [-0.3, -0.25) is 0 Å². The van der Waals surface area contributed by atoms with Crippen LogP contribution in [0.1, 0.15) is 52.1 Å². The minimum Gasteiger partial charge on any atom is -0.490 e. The van der Waals surface area contributed by atoms with Gasteiger partial charge in [0.05, 0.1) is 13.2 Å². The number of benzene rings is 1. The molecule has 118 valence electrons. The van der Waals surface area contributed by atoms with Gasteiger partial charge < -0.3 is 15.2 Å². The van der Waals surface area contributed by atoms with Crippen LogP contribution in [0.2, 0.25) is 5.02 Å². The maximum absolute atomic E-state index is 6.39. The molecule has 1 aliphatic heterocycles. The Morgan fingerprint density at radius 1 is 1.19 bits per heavy atom. The maximum Gasteiger partial charge on any atom is 0.162 e. The number of ether oxygens (including phenoxy) is 2. The highest BCUT2D eigenvalue weighted by Crippen LogP contribution is 2.39. The van der Waals surface area contributed by atoms with Crippen molar-refractivity contribution in [1.82, 2.24) is 0 Å². The smallest absolute Gasteiger partial charge is 0.162 e. The number of hydrogen-bond donors (Lipinski definition) is 1. The van der Waals surface area contributed by atoms with Crippen LogP contribution < -0.4 is 15.2 Å². The Balaban J connectivity index is 2.21. The topological polar surface area (TPSA) is 44.5 Å². The van der Waals surface area contributed by atoms with Gasteiger partial charge in [0.25, 0.3) is 0 Å². The van der Waals surface area contributed by atoms with Gasteiger partial charge in [-0.25, -0.2) is 0 Å². The molecule has 0 bridgehead atoms. The second-order valence-corrected chi connectivity index (χ2v) is 7.39. The van der Waals surface area contributed by atoms with Crippen molar-refractivity contribution in [2.24, 2.45) is 17.1 Å². The average molecular weight is 312 g/mol. The quantitative estimate of drug-likeness (QED) is 0.889. The molecular weight excluding hydrogens is 286 g/mol. The highest BCUT2D eigenvalue weighted by atomic mass is 35.5. The molecule has 0 aliphatic carbocycles. The monoisotopic (exact) mass is 311 g/mol. The Bertz CT molecular complexity index is 496. The summed E-state index contributed by atoms with van der Waals surface area (Å²) in [4.78, 5) is 0. The van der Waals surface area contributed by atoms with Crippen molar-refractivity contribution in [1.29, 1.82) is 0 Å². The predicted octanol–water partition coefficient (Wildman–Crippen LogP) is 4.57. The third kappa shape index (κ3) is 4.04. The summed E-state index contributed by atoms with van der Waals surface area (Å²) >= 11 is 6.39. The molecule has 2 atom stereocenters. The lowest BCUT2D eigenvalue weighted by molar-refractivity contribution is 0.233. The molecule has 21 heavy (non-hydrogen) atoms. The summed E-state index contributed by atoms with van der Waals surface area (Å²) in [7, 11) is 0. The molecule has 1 aromatic carbocycles. The molecule has 0 amide bonds. The standard InChI is InChI=1S/C17H26ClNO2/c1-11(17(2,3)4)8-14(19)12-9-15-16(10-13(12)18)21-7-5-6-20-15/h9-11,14H,5-8,19H2,1-4H3. The van der Waals surface area contributed by atoms with E-state index in [2.05, 4.69) is 27.7 Å². The second-order valence-electron chi connectivity index (χ2n) is 6.98. The van der Waals surface area contributed by atoms with Crippen molar-refractivity contribution in [3.63, 3.8) is 0 Å². The van der Waals surface area contributed by atoms with E-state index >= 15 is 0 Å². The fourth-order valence-corrected chi connectivity index (χ4v) is 2.64. The van der Waals surface area contributed by atoms with E-state index in [4.69, 9.17) is 26.8 Å². The zero-order valence-corrected chi connectivity index (χ0v) is 14.2. The van der Waals surface area contributed by atoms with Crippen LogP contribution in [-0.2, 0) is 0 Å².